The molecule has 3 rings (SSSR count). The number of para-hydroxylation sites is 1. The average molecular weight is 385 g/mol. The van der Waals surface area contributed by atoms with Gasteiger partial charge in [-0.3, -0.25) is 4.79 Å². The van der Waals surface area contributed by atoms with E-state index in [9.17, 15) is 4.79 Å². The first kappa shape index (κ1) is 19.8. The first-order chi connectivity index (χ1) is 13.7. The molecule has 9 nitrogen and oxygen atoms in total. The number of methoxy groups -OCH3 is 1. The lowest BCUT2D eigenvalue weighted by Gasteiger charge is -2.25. The highest BCUT2D eigenvalue weighted by Gasteiger charge is 2.22. The van der Waals surface area contributed by atoms with E-state index in [1.165, 1.54) is 0 Å². The van der Waals surface area contributed by atoms with Crippen molar-refractivity contribution in [3.8, 4) is 0 Å². The van der Waals surface area contributed by atoms with E-state index in [1.54, 1.807) is 7.11 Å². The highest BCUT2D eigenvalue weighted by Crippen LogP contribution is 2.13. The topological polar surface area (TPSA) is 105 Å². The number of ether oxygens (including phenoxy) is 1. The molecule has 1 aromatic carbocycles. The number of guanidine groups is 1. The Morgan fingerprint density at radius 3 is 2.93 bits per heavy atom. The number of nitrogens with one attached hydrogen (secondary N) is 3. The van der Waals surface area contributed by atoms with E-state index in [-0.39, 0.29) is 18.5 Å². The summed E-state index contributed by atoms with van der Waals surface area (Å²) in [5, 5.41) is 13.9. The fourth-order valence-electron chi connectivity index (χ4n) is 3.05. The summed E-state index contributed by atoms with van der Waals surface area (Å²) in [4.78, 5) is 21.0. The molecular formula is C19H27N7O2. The Bertz CT molecular complexity index is 804. The molecular weight excluding hydrogens is 358 g/mol. The van der Waals surface area contributed by atoms with Crippen LogP contribution in [-0.2, 0) is 29.1 Å². The van der Waals surface area contributed by atoms with Crippen molar-refractivity contribution in [2.75, 3.05) is 25.5 Å². The zero-order chi connectivity index (χ0) is 19.8. The predicted molar refractivity (Wildman–Crippen MR) is 107 cm³/mol. The van der Waals surface area contributed by atoms with E-state index in [2.05, 4.69) is 31.0 Å². The molecule has 0 saturated carbocycles. The SMILES string of the molecule is CCNC(=NCC(=O)Nc1ccccc1)NC1CCc2nc(COC)nn2C1. The molecule has 0 aliphatic carbocycles. The molecule has 1 aliphatic heterocycles. The molecule has 0 radical (unpaired) electrons. The molecule has 1 unspecified atom stereocenters. The van der Waals surface area contributed by atoms with Crippen LogP contribution in [0.1, 0.15) is 25.0 Å². The molecule has 1 aromatic heterocycles. The number of hydrogen-bond acceptors (Lipinski definition) is 5. The van der Waals surface area contributed by atoms with Gasteiger partial charge in [-0.1, -0.05) is 18.2 Å². The summed E-state index contributed by atoms with van der Waals surface area (Å²) in [6.07, 6.45) is 1.76. The summed E-state index contributed by atoms with van der Waals surface area (Å²) in [5.41, 5.74) is 0.763. The Kier molecular flexibility index (Phi) is 6.96. The summed E-state index contributed by atoms with van der Waals surface area (Å²) in [5.74, 6) is 2.15. The lowest BCUT2D eigenvalue weighted by atomic mass is 10.1. The Balaban J connectivity index is 1.56. The quantitative estimate of drug-likeness (QED) is 0.484. The maximum atomic E-state index is 12.1. The number of aryl methyl sites for hydroxylation is 1. The lowest BCUT2D eigenvalue weighted by molar-refractivity contribution is -0.114. The summed E-state index contributed by atoms with van der Waals surface area (Å²) in [6.45, 7) is 3.87. The van der Waals surface area contributed by atoms with Gasteiger partial charge in [0.1, 0.15) is 19.0 Å². The van der Waals surface area contributed by atoms with Crippen LogP contribution in [0.5, 0.6) is 0 Å². The number of nitrogens with zero attached hydrogens (tertiary/aromatic N) is 4. The van der Waals surface area contributed by atoms with Crippen LogP contribution < -0.4 is 16.0 Å². The third-order valence-corrected chi connectivity index (χ3v) is 4.30. The second-order valence-electron chi connectivity index (χ2n) is 6.55. The molecule has 150 valence electrons. The van der Waals surface area contributed by atoms with Crippen molar-refractivity contribution < 1.29 is 9.53 Å². The van der Waals surface area contributed by atoms with Gasteiger partial charge in [0.15, 0.2) is 11.8 Å². The molecule has 0 bridgehead atoms. The van der Waals surface area contributed by atoms with Gasteiger partial charge in [-0.15, -0.1) is 0 Å². The van der Waals surface area contributed by atoms with E-state index < -0.39 is 0 Å². The van der Waals surface area contributed by atoms with Crippen molar-refractivity contribution in [2.24, 2.45) is 4.99 Å². The molecule has 0 spiro atoms. The second-order valence-corrected chi connectivity index (χ2v) is 6.55. The number of carbonyl (C=O) groups excluding carboxylic acids is 1. The van der Waals surface area contributed by atoms with Crippen LogP contribution >= 0.6 is 0 Å². The number of aromatic nitrogens is 3. The van der Waals surface area contributed by atoms with E-state index in [0.717, 1.165) is 24.4 Å². The van der Waals surface area contributed by atoms with E-state index in [4.69, 9.17) is 4.74 Å². The molecule has 0 fully saturated rings. The third-order valence-electron chi connectivity index (χ3n) is 4.30. The van der Waals surface area contributed by atoms with Gasteiger partial charge in [-0.05, 0) is 25.5 Å². The number of rotatable bonds is 7. The lowest BCUT2D eigenvalue weighted by Crippen LogP contribution is -2.47. The van der Waals surface area contributed by atoms with Crippen molar-refractivity contribution in [1.82, 2.24) is 25.4 Å². The van der Waals surface area contributed by atoms with Crippen molar-refractivity contribution in [1.29, 1.82) is 0 Å². The molecule has 0 saturated heterocycles. The molecule has 9 heteroatoms. The van der Waals surface area contributed by atoms with Gasteiger partial charge in [-0.25, -0.2) is 14.7 Å². The zero-order valence-electron chi connectivity index (χ0n) is 16.3. The zero-order valence-corrected chi connectivity index (χ0v) is 16.3. The summed E-state index contributed by atoms with van der Waals surface area (Å²) in [6, 6.07) is 9.53. The number of carbonyl (C=O) groups is 1. The van der Waals surface area contributed by atoms with Crippen LogP contribution in [0.4, 0.5) is 5.69 Å². The van der Waals surface area contributed by atoms with E-state index in [1.807, 2.05) is 41.9 Å². The van der Waals surface area contributed by atoms with Gasteiger partial charge in [0.05, 0.1) is 6.54 Å². The summed E-state index contributed by atoms with van der Waals surface area (Å²) >= 11 is 0. The first-order valence-electron chi connectivity index (χ1n) is 9.49. The van der Waals surface area contributed by atoms with Gasteiger partial charge in [0, 0.05) is 31.8 Å². The highest BCUT2D eigenvalue weighted by molar-refractivity contribution is 5.94. The van der Waals surface area contributed by atoms with E-state index in [0.29, 0.717) is 31.5 Å². The van der Waals surface area contributed by atoms with Crippen LogP contribution in [-0.4, -0.2) is 52.9 Å². The standard InChI is InChI=1S/C19H27N7O2/c1-3-20-19(21-11-18(27)22-14-7-5-4-6-8-14)23-15-9-10-17-24-16(13-28-2)25-26(17)12-15/h4-8,15H,3,9-13H2,1-2H3,(H,22,27)(H2,20,21,23). The molecule has 3 N–H and O–H groups in total. The minimum absolute atomic E-state index is 0.0451. The largest absolute Gasteiger partial charge is 0.377 e. The van der Waals surface area contributed by atoms with Crippen molar-refractivity contribution in [3.05, 3.63) is 42.0 Å². The van der Waals surface area contributed by atoms with Gasteiger partial charge in [0.2, 0.25) is 5.91 Å². The number of aliphatic imine (C=N–C) groups is 1. The van der Waals surface area contributed by atoms with Gasteiger partial charge in [0.25, 0.3) is 0 Å². The molecule has 1 atom stereocenters. The fourth-order valence-corrected chi connectivity index (χ4v) is 3.05. The molecule has 2 heterocycles. The number of fused-ring (bicyclic) bond motifs is 1. The van der Waals surface area contributed by atoms with Crippen molar-refractivity contribution >= 4 is 17.6 Å². The summed E-state index contributed by atoms with van der Waals surface area (Å²) < 4.78 is 7.02. The summed E-state index contributed by atoms with van der Waals surface area (Å²) in [7, 11) is 1.64. The van der Waals surface area contributed by atoms with Gasteiger partial charge in [-0.2, -0.15) is 5.10 Å². The van der Waals surface area contributed by atoms with Gasteiger partial charge < -0.3 is 20.7 Å². The molecule has 1 aliphatic rings. The third kappa shape index (κ3) is 5.53. The normalized spacial score (nSPS) is 16.4. The average Bonchev–Trinajstić information content (AvgIpc) is 3.09. The second kappa shape index (κ2) is 9.84. The monoisotopic (exact) mass is 385 g/mol. The first-order valence-corrected chi connectivity index (χ1v) is 9.49. The Morgan fingerprint density at radius 2 is 2.18 bits per heavy atom. The Morgan fingerprint density at radius 1 is 1.36 bits per heavy atom. The minimum atomic E-state index is -0.158. The Labute approximate surface area is 164 Å². The molecule has 28 heavy (non-hydrogen) atoms. The van der Waals surface area contributed by atoms with Crippen LogP contribution in [0.2, 0.25) is 0 Å². The van der Waals surface area contributed by atoms with Crippen LogP contribution in [0.3, 0.4) is 0 Å². The predicted octanol–water partition coefficient (Wildman–Crippen LogP) is 0.933. The van der Waals surface area contributed by atoms with Crippen LogP contribution in [0, 0.1) is 0 Å². The Hall–Kier alpha value is -2.94. The number of anilines is 1. The number of amides is 1. The van der Waals surface area contributed by atoms with Crippen LogP contribution in [0.25, 0.3) is 0 Å². The molecule has 1 amide bonds. The van der Waals surface area contributed by atoms with Crippen molar-refractivity contribution in [3.63, 3.8) is 0 Å². The number of benzene rings is 1. The smallest absolute Gasteiger partial charge is 0.246 e. The number of hydrogen-bond donors (Lipinski definition) is 3. The van der Waals surface area contributed by atoms with Gasteiger partial charge >= 0.3 is 0 Å². The highest BCUT2D eigenvalue weighted by atomic mass is 16.5. The maximum absolute atomic E-state index is 12.1. The van der Waals surface area contributed by atoms with Crippen LogP contribution in [0.15, 0.2) is 35.3 Å². The maximum Gasteiger partial charge on any atom is 0.246 e. The van der Waals surface area contributed by atoms with Crippen molar-refractivity contribution in [2.45, 2.75) is 39.0 Å². The minimum Gasteiger partial charge on any atom is -0.377 e. The fraction of sp³-hybridized carbons (Fsp3) is 0.474. The van der Waals surface area contributed by atoms with E-state index >= 15 is 0 Å². The molecule has 2 aromatic rings.